The molecule has 0 aliphatic rings. The number of rotatable bonds is 8. The third-order valence-electron chi connectivity index (χ3n) is 2.69. The number of nitrogens with zero attached hydrogens (tertiary/aromatic N) is 1. The Morgan fingerprint density at radius 1 is 1.25 bits per heavy atom. The molecular weight excluding hydrogens is 256 g/mol. The van der Waals surface area contributed by atoms with E-state index in [-0.39, 0.29) is 12.5 Å². The molecule has 0 unspecified atom stereocenters. The van der Waals surface area contributed by atoms with Crippen LogP contribution in [0.2, 0.25) is 0 Å². The molecule has 0 spiro atoms. The first-order valence-corrected chi connectivity index (χ1v) is 6.74. The van der Waals surface area contributed by atoms with Gasteiger partial charge in [0.15, 0.2) is 6.61 Å². The highest BCUT2D eigenvalue weighted by Crippen LogP contribution is 2.16. The zero-order valence-corrected chi connectivity index (χ0v) is 12.3. The minimum atomic E-state index is -0.267. The Balaban J connectivity index is 2.31. The second-order valence-corrected chi connectivity index (χ2v) is 4.45. The Labute approximate surface area is 120 Å². The van der Waals surface area contributed by atoms with Gasteiger partial charge in [-0.15, -0.1) is 0 Å². The van der Waals surface area contributed by atoms with Crippen molar-refractivity contribution in [2.75, 3.05) is 13.7 Å². The number of hydrogen-bond acceptors (Lipinski definition) is 4. The van der Waals surface area contributed by atoms with E-state index in [0.717, 1.165) is 30.7 Å². The summed E-state index contributed by atoms with van der Waals surface area (Å²) in [5.41, 5.74) is 3.40. The van der Waals surface area contributed by atoms with Crippen LogP contribution in [-0.2, 0) is 4.79 Å². The Kier molecular flexibility index (Phi) is 7.17. The number of amides is 1. The highest BCUT2D eigenvalue weighted by molar-refractivity contribution is 5.84. The fourth-order valence-corrected chi connectivity index (χ4v) is 1.50. The topological polar surface area (TPSA) is 59.9 Å². The van der Waals surface area contributed by atoms with Crippen LogP contribution >= 0.6 is 0 Å². The van der Waals surface area contributed by atoms with Gasteiger partial charge in [0.1, 0.15) is 11.5 Å². The first-order chi connectivity index (χ1) is 9.65. The first kappa shape index (κ1) is 16.0. The van der Waals surface area contributed by atoms with Gasteiger partial charge in [-0.1, -0.05) is 13.3 Å². The fraction of sp³-hybridized carbons (Fsp3) is 0.467. The van der Waals surface area contributed by atoms with Gasteiger partial charge in [-0.25, -0.2) is 5.43 Å². The summed E-state index contributed by atoms with van der Waals surface area (Å²) < 4.78 is 10.4. The van der Waals surface area contributed by atoms with Crippen LogP contribution in [-0.4, -0.2) is 25.3 Å². The Morgan fingerprint density at radius 2 is 1.90 bits per heavy atom. The Bertz CT molecular complexity index is 441. The zero-order valence-electron chi connectivity index (χ0n) is 12.3. The molecule has 0 bridgehead atoms. The molecule has 0 aliphatic carbocycles. The van der Waals surface area contributed by atoms with E-state index < -0.39 is 0 Å². The van der Waals surface area contributed by atoms with Crippen molar-refractivity contribution in [2.45, 2.75) is 33.1 Å². The largest absolute Gasteiger partial charge is 0.497 e. The first-order valence-electron chi connectivity index (χ1n) is 6.74. The van der Waals surface area contributed by atoms with Crippen LogP contribution in [0.5, 0.6) is 11.5 Å². The van der Waals surface area contributed by atoms with E-state index in [9.17, 15) is 4.79 Å². The van der Waals surface area contributed by atoms with Gasteiger partial charge in [-0.05, 0) is 44.0 Å². The lowest BCUT2D eigenvalue weighted by Gasteiger charge is -2.06. The highest BCUT2D eigenvalue weighted by atomic mass is 16.5. The van der Waals surface area contributed by atoms with Crippen LogP contribution in [0.25, 0.3) is 0 Å². The van der Waals surface area contributed by atoms with Crippen LogP contribution in [0.1, 0.15) is 33.1 Å². The quantitative estimate of drug-likeness (QED) is 0.587. The molecule has 5 heteroatoms. The highest BCUT2D eigenvalue weighted by Gasteiger charge is 2.02. The van der Waals surface area contributed by atoms with Gasteiger partial charge in [0.2, 0.25) is 0 Å². The van der Waals surface area contributed by atoms with Gasteiger partial charge in [-0.2, -0.15) is 5.10 Å². The molecule has 0 saturated heterocycles. The number of carbonyl (C=O) groups excluding carboxylic acids is 1. The second kappa shape index (κ2) is 8.96. The summed E-state index contributed by atoms with van der Waals surface area (Å²) in [6, 6.07) is 7.06. The smallest absolute Gasteiger partial charge is 0.277 e. The third kappa shape index (κ3) is 6.22. The SMILES string of the molecule is CCCC/C(C)=N\NC(=O)COc1ccc(OC)cc1. The van der Waals surface area contributed by atoms with Crippen LogP contribution in [0, 0.1) is 0 Å². The maximum absolute atomic E-state index is 11.5. The number of methoxy groups -OCH3 is 1. The second-order valence-electron chi connectivity index (χ2n) is 4.45. The molecule has 0 radical (unpaired) electrons. The molecule has 1 amide bonds. The summed E-state index contributed by atoms with van der Waals surface area (Å²) in [6.07, 6.45) is 3.09. The molecule has 1 rings (SSSR count). The third-order valence-corrected chi connectivity index (χ3v) is 2.69. The van der Waals surface area contributed by atoms with E-state index >= 15 is 0 Å². The van der Waals surface area contributed by atoms with E-state index in [1.807, 2.05) is 6.92 Å². The maximum Gasteiger partial charge on any atom is 0.277 e. The minimum absolute atomic E-state index is 0.0586. The Morgan fingerprint density at radius 3 is 2.50 bits per heavy atom. The maximum atomic E-state index is 11.5. The Hall–Kier alpha value is -2.04. The normalized spacial score (nSPS) is 11.1. The van der Waals surface area contributed by atoms with Crippen LogP contribution in [0.4, 0.5) is 0 Å². The number of hydrazone groups is 1. The average molecular weight is 278 g/mol. The van der Waals surface area contributed by atoms with Crippen molar-refractivity contribution >= 4 is 11.6 Å². The molecule has 0 saturated carbocycles. The van der Waals surface area contributed by atoms with E-state index in [1.165, 1.54) is 0 Å². The van der Waals surface area contributed by atoms with Crippen molar-refractivity contribution in [3.8, 4) is 11.5 Å². The predicted molar refractivity (Wildman–Crippen MR) is 79.3 cm³/mol. The van der Waals surface area contributed by atoms with Crippen molar-refractivity contribution in [1.82, 2.24) is 5.43 Å². The summed E-state index contributed by atoms with van der Waals surface area (Å²) in [4.78, 5) is 11.5. The van der Waals surface area contributed by atoms with Crippen molar-refractivity contribution in [2.24, 2.45) is 5.10 Å². The molecule has 0 aliphatic heterocycles. The fourth-order valence-electron chi connectivity index (χ4n) is 1.50. The molecule has 0 atom stereocenters. The zero-order chi connectivity index (χ0) is 14.8. The van der Waals surface area contributed by atoms with E-state index in [2.05, 4.69) is 17.5 Å². The van der Waals surface area contributed by atoms with Gasteiger partial charge >= 0.3 is 0 Å². The lowest BCUT2D eigenvalue weighted by molar-refractivity contribution is -0.123. The molecule has 1 aromatic rings. The number of hydrogen-bond donors (Lipinski definition) is 1. The van der Waals surface area contributed by atoms with Crippen molar-refractivity contribution < 1.29 is 14.3 Å². The molecule has 0 heterocycles. The minimum Gasteiger partial charge on any atom is -0.497 e. The molecule has 1 N–H and O–H groups in total. The van der Waals surface area contributed by atoms with Gasteiger partial charge in [0, 0.05) is 5.71 Å². The van der Waals surface area contributed by atoms with Gasteiger partial charge < -0.3 is 9.47 Å². The number of ether oxygens (including phenoxy) is 2. The molecule has 1 aromatic carbocycles. The van der Waals surface area contributed by atoms with Crippen molar-refractivity contribution in [3.05, 3.63) is 24.3 Å². The van der Waals surface area contributed by atoms with E-state index in [0.29, 0.717) is 5.75 Å². The molecule has 110 valence electrons. The summed E-state index contributed by atoms with van der Waals surface area (Å²) in [5.74, 6) is 1.10. The number of nitrogens with one attached hydrogen (secondary N) is 1. The molecular formula is C15H22N2O3. The average Bonchev–Trinajstić information content (AvgIpc) is 2.49. The summed E-state index contributed by atoms with van der Waals surface area (Å²) in [6.45, 7) is 3.96. The molecule has 20 heavy (non-hydrogen) atoms. The monoisotopic (exact) mass is 278 g/mol. The summed E-state index contributed by atoms with van der Waals surface area (Å²) in [7, 11) is 1.60. The summed E-state index contributed by atoms with van der Waals surface area (Å²) >= 11 is 0. The summed E-state index contributed by atoms with van der Waals surface area (Å²) in [5, 5.41) is 4.02. The standard InChI is InChI=1S/C15H22N2O3/c1-4-5-6-12(2)16-17-15(18)11-20-14-9-7-13(19-3)8-10-14/h7-10H,4-6,11H2,1-3H3,(H,17,18)/b16-12-. The number of unbranched alkanes of at least 4 members (excludes halogenated alkanes) is 1. The van der Waals surface area contributed by atoms with E-state index in [4.69, 9.17) is 9.47 Å². The lowest BCUT2D eigenvalue weighted by atomic mass is 10.2. The number of benzene rings is 1. The van der Waals surface area contributed by atoms with Gasteiger partial charge in [0.05, 0.1) is 7.11 Å². The van der Waals surface area contributed by atoms with Crippen molar-refractivity contribution in [3.63, 3.8) is 0 Å². The molecule has 5 nitrogen and oxygen atoms in total. The van der Waals surface area contributed by atoms with Crippen molar-refractivity contribution in [1.29, 1.82) is 0 Å². The number of carbonyl (C=O) groups is 1. The van der Waals surface area contributed by atoms with E-state index in [1.54, 1.807) is 31.4 Å². The van der Waals surface area contributed by atoms with Crippen LogP contribution in [0.15, 0.2) is 29.4 Å². The lowest BCUT2D eigenvalue weighted by Crippen LogP contribution is -2.25. The molecule has 0 fully saturated rings. The van der Waals surface area contributed by atoms with Gasteiger partial charge in [0.25, 0.3) is 5.91 Å². The van der Waals surface area contributed by atoms with Crippen LogP contribution in [0.3, 0.4) is 0 Å². The van der Waals surface area contributed by atoms with Gasteiger partial charge in [-0.3, -0.25) is 4.79 Å². The molecule has 0 aromatic heterocycles. The predicted octanol–water partition coefficient (Wildman–Crippen LogP) is 2.76. The van der Waals surface area contributed by atoms with Crippen LogP contribution < -0.4 is 14.9 Å².